The first-order valence-electron chi connectivity index (χ1n) is 7.64. The van der Waals surface area contributed by atoms with Crippen LogP contribution in [0.15, 0.2) is 36.7 Å². The Labute approximate surface area is 140 Å². The van der Waals surface area contributed by atoms with E-state index in [-0.39, 0.29) is 11.8 Å². The van der Waals surface area contributed by atoms with E-state index in [1.807, 2.05) is 37.6 Å². The van der Waals surface area contributed by atoms with Crippen LogP contribution in [0.1, 0.15) is 23.7 Å². The Bertz CT molecular complexity index is 769. The van der Waals surface area contributed by atoms with E-state index in [0.717, 1.165) is 22.8 Å². The third-order valence-corrected chi connectivity index (χ3v) is 4.06. The molecule has 1 aromatic heterocycles. The van der Waals surface area contributed by atoms with E-state index in [0.29, 0.717) is 13.0 Å². The zero-order valence-electron chi connectivity index (χ0n) is 14.0. The summed E-state index contributed by atoms with van der Waals surface area (Å²) in [5.41, 5.74) is 1.79. The molecule has 7 heteroatoms. The molecule has 0 fully saturated rings. The third-order valence-electron chi connectivity index (χ3n) is 4.06. The predicted octanol–water partition coefficient (Wildman–Crippen LogP) is 1.86. The van der Waals surface area contributed by atoms with E-state index >= 15 is 0 Å². The molecule has 7 nitrogen and oxygen atoms in total. The number of ether oxygens (including phenoxy) is 2. The minimum absolute atomic E-state index is 0.0867. The largest absolute Gasteiger partial charge is 0.497 e. The Morgan fingerprint density at radius 2 is 2.12 bits per heavy atom. The van der Waals surface area contributed by atoms with Gasteiger partial charge in [0, 0.05) is 37.8 Å². The van der Waals surface area contributed by atoms with Crippen molar-refractivity contribution in [1.82, 2.24) is 19.9 Å². The molecule has 1 aromatic carbocycles. The van der Waals surface area contributed by atoms with Crippen molar-refractivity contribution in [3.05, 3.63) is 47.9 Å². The molecule has 1 atom stereocenters. The molecule has 0 saturated heterocycles. The standard InChI is InChI=1S/C17H20N4O3/c1-20-11-15(18-19-20)16-8-13(22)6-7-21(16)10-12-4-5-14(23-2)9-17(12)24-3/h4-7,9,11,16H,8,10H2,1-3H3. The maximum Gasteiger partial charge on any atom is 0.159 e. The van der Waals surface area contributed by atoms with Gasteiger partial charge in [0.15, 0.2) is 5.78 Å². The summed E-state index contributed by atoms with van der Waals surface area (Å²) in [4.78, 5) is 13.9. The number of methoxy groups -OCH3 is 2. The average Bonchev–Trinajstić information content (AvgIpc) is 3.03. The van der Waals surface area contributed by atoms with Gasteiger partial charge < -0.3 is 14.4 Å². The lowest BCUT2D eigenvalue weighted by atomic mass is 10.0. The van der Waals surface area contributed by atoms with E-state index in [9.17, 15) is 4.79 Å². The number of carbonyl (C=O) groups is 1. The number of carbonyl (C=O) groups excluding carboxylic acids is 1. The smallest absolute Gasteiger partial charge is 0.159 e. The number of ketones is 1. The fourth-order valence-electron chi connectivity index (χ4n) is 2.79. The molecular formula is C17H20N4O3. The van der Waals surface area contributed by atoms with E-state index in [4.69, 9.17) is 9.47 Å². The quantitative estimate of drug-likeness (QED) is 0.834. The van der Waals surface area contributed by atoms with E-state index in [1.165, 1.54) is 0 Å². The number of rotatable bonds is 5. The topological polar surface area (TPSA) is 69.5 Å². The van der Waals surface area contributed by atoms with Crippen LogP contribution in [0.25, 0.3) is 0 Å². The van der Waals surface area contributed by atoms with Crippen molar-refractivity contribution in [2.45, 2.75) is 19.0 Å². The highest BCUT2D eigenvalue weighted by Crippen LogP contribution is 2.32. The molecule has 2 aromatic rings. The van der Waals surface area contributed by atoms with E-state index < -0.39 is 0 Å². The molecule has 1 aliphatic rings. The number of aryl methyl sites for hydroxylation is 1. The molecule has 2 heterocycles. The number of aromatic nitrogens is 3. The normalized spacial score (nSPS) is 17.2. The fraction of sp³-hybridized carbons (Fsp3) is 0.353. The minimum Gasteiger partial charge on any atom is -0.497 e. The minimum atomic E-state index is -0.136. The van der Waals surface area contributed by atoms with Gasteiger partial charge in [0.25, 0.3) is 0 Å². The van der Waals surface area contributed by atoms with Crippen molar-refractivity contribution in [2.24, 2.45) is 7.05 Å². The molecule has 24 heavy (non-hydrogen) atoms. The number of nitrogens with zero attached hydrogens (tertiary/aromatic N) is 4. The van der Waals surface area contributed by atoms with Crippen LogP contribution in [0.2, 0.25) is 0 Å². The Morgan fingerprint density at radius 3 is 2.79 bits per heavy atom. The maximum absolute atomic E-state index is 11.8. The molecule has 0 spiro atoms. The van der Waals surface area contributed by atoms with Crippen molar-refractivity contribution in [3.8, 4) is 11.5 Å². The summed E-state index contributed by atoms with van der Waals surface area (Å²) in [7, 11) is 5.07. The Morgan fingerprint density at radius 1 is 1.29 bits per heavy atom. The van der Waals surface area contributed by atoms with Crippen LogP contribution in [0, 0.1) is 0 Å². The summed E-state index contributed by atoms with van der Waals surface area (Å²) >= 11 is 0. The van der Waals surface area contributed by atoms with E-state index in [2.05, 4.69) is 15.2 Å². The summed E-state index contributed by atoms with van der Waals surface area (Å²) in [5.74, 6) is 1.58. The molecule has 0 bridgehead atoms. The molecule has 1 aliphatic heterocycles. The fourth-order valence-corrected chi connectivity index (χ4v) is 2.79. The van der Waals surface area contributed by atoms with Crippen LogP contribution in [0.5, 0.6) is 11.5 Å². The second-order valence-corrected chi connectivity index (χ2v) is 5.67. The van der Waals surface area contributed by atoms with Gasteiger partial charge in [-0.2, -0.15) is 0 Å². The number of allylic oxidation sites excluding steroid dienone is 1. The van der Waals surface area contributed by atoms with Crippen molar-refractivity contribution in [1.29, 1.82) is 0 Å². The second-order valence-electron chi connectivity index (χ2n) is 5.67. The average molecular weight is 328 g/mol. The zero-order chi connectivity index (χ0) is 17.1. The first-order chi connectivity index (χ1) is 11.6. The first kappa shape index (κ1) is 16.0. The first-order valence-corrected chi connectivity index (χ1v) is 7.64. The molecule has 0 radical (unpaired) electrons. The molecule has 1 unspecified atom stereocenters. The third kappa shape index (κ3) is 3.24. The van der Waals surface area contributed by atoms with Crippen molar-refractivity contribution in [3.63, 3.8) is 0 Å². The second kappa shape index (κ2) is 6.74. The monoisotopic (exact) mass is 328 g/mol. The Hall–Kier alpha value is -2.83. The highest BCUT2D eigenvalue weighted by Gasteiger charge is 2.27. The molecule has 0 aliphatic carbocycles. The van der Waals surface area contributed by atoms with Gasteiger partial charge in [0.05, 0.1) is 26.5 Å². The zero-order valence-corrected chi connectivity index (χ0v) is 14.0. The summed E-state index contributed by atoms with van der Waals surface area (Å²) < 4.78 is 12.3. The van der Waals surface area contributed by atoms with Crippen LogP contribution in [0.4, 0.5) is 0 Å². The SMILES string of the molecule is COc1ccc(CN2C=CC(=O)CC2c2cn(C)nn2)c(OC)c1. The summed E-state index contributed by atoms with van der Waals surface area (Å²) in [6.45, 7) is 0.595. The van der Waals surface area contributed by atoms with Gasteiger partial charge in [-0.1, -0.05) is 5.21 Å². The molecule has 126 valence electrons. The van der Waals surface area contributed by atoms with Gasteiger partial charge in [-0.3, -0.25) is 9.48 Å². The van der Waals surface area contributed by atoms with Crippen molar-refractivity contribution < 1.29 is 14.3 Å². The van der Waals surface area contributed by atoms with Gasteiger partial charge in [0.2, 0.25) is 0 Å². The van der Waals surface area contributed by atoms with Gasteiger partial charge in [0.1, 0.15) is 17.2 Å². The Balaban J connectivity index is 1.89. The van der Waals surface area contributed by atoms with Crippen LogP contribution < -0.4 is 9.47 Å². The van der Waals surface area contributed by atoms with Crippen LogP contribution >= 0.6 is 0 Å². The molecule has 0 saturated carbocycles. The summed E-state index contributed by atoms with van der Waals surface area (Å²) in [6, 6.07) is 5.58. The maximum atomic E-state index is 11.8. The number of benzene rings is 1. The summed E-state index contributed by atoms with van der Waals surface area (Å²) in [6.07, 6.45) is 5.64. The molecule has 0 N–H and O–H groups in total. The van der Waals surface area contributed by atoms with Crippen LogP contribution in [0.3, 0.4) is 0 Å². The van der Waals surface area contributed by atoms with Gasteiger partial charge in [-0.25, -0.2) is 0 Å². The molecule has 3 rings (SSSR count). The van der Waals surface area contributed by atoms with Crippen LogP contribution in [-0.2, 0) is 18.4 Å². The van der Waals surface area contributed by atoms with Gasteiger partial charge >= 0.3 is 0 Å². The molecular weight excluding hydrogens is 308 g/mol. The lowest BCUT2D eigenvalue weighted by Gasteiger charge is -2.31. The molecule has 0 amide bonds. The van der Waals surface area contributed by atoms with Gasteiger partial charge in [-0.15, -0.1) is 5.10 Å². The van der Waals surface area contributed by atoms with Gasteiger partial charge in [-0.05, 0) is 18.2 Å². The highest BCUT2D eigenvalue weighted by molar-refractivity contribution is 5.90. The lowest BCUT2D eigenvalue weighted by molar-refractivity contribution is -0.116. The Kier molecular flexibility index (Phi) is 4.50. The summed E-state index contributed by atoms with van der Waals surface area (Å²) in [5, 5.41) is 8.15. The van der Waals surface area contributed by atoms with Crippen LogP contribution in [-0.4, -0.2) is 39.9 Å². The number of hydrogen-bond donors (Lipinski definition) is 0. The number of hydrogen-bond acceptors (Lipinski definition) is 6. The highest BCUT2D eigenvalue weighted by atomic mass is 16.5. The van der Waals surface area contributed by atoms with Crippen molar-refractivity contribution >= 4 is 5.78 Å². The predicted molar refractivity (Wildman–Crippen MR) is 87.6 cm³/mol. The lowest BCUT2D eigenvalue weighted by Crippen LogP contribution is -2.29. The van der Waals surface area contributed by atoms with E-state index in [1.54, 1.807) is 25.0 Å². The van der Waals surface area contributed by atoms with Crippen molar-refractivity contribution in [2.75, 3.05) is 14.2 Å².